The van der Waals surface area contributed by atoms with Crippen molar-refractivity contribution in [3.63, 3.8) is 0 Å². The van der Waals surface area contributed by atoms with Gasteiger partial charge in [0.25, 0.3) is 15.7 Å². The maximum absolute atomic E-state index is 11.9. The highest BCUT2D eigenvalue weighted by atomic mass is 32.2. The molecule has 1 aromatic heterocycles. The molecule has 2 aromatic rings. The number of nitro benzene ring substituents is 1. The minimum Gasteiger partial charge on any atom is -0.332 e. The Labute approximate surface area is 108 Å². The molecule has 0 saturated carbocycles. The van der Waals surface area contributed by atoms with Crippen LogP contribution in [0, 0.1) is 17.0 Å². The molecule has 0 spiro atoms. The molecule has 8 nitrogen and oxygen atoms in total. The maximum Gasteiger partial charge on any atom is 0.278 e. The molecule has 0 amide bonds. The van der Waals surface area contributed by atoms with Gasteiger partial charge in [0.2, 0.25) is 0 Å². The zero-order valence-corrected chi connectivity index (χ0v) is 10.6. The smallest absolute Gasteiger partial charge is 0.278 e. The molecule has 2 rings (SSSR count). The summed E-state index contributed by atoms with van der Waals surface area (Å²) in [5.41, 5.74) is 0.123. The van der Waals surface area contributed by atoms with Gasteiger partial charge < -0.3 is 4.98 Å². The van der Waals surface area contributed by atoms with Gasteiger partial charge in [-0.2, -0.15) is 8.42 Å². The fraction of sp³-hybridized carbons (Fsp3) is 0.100. The van der Waals surface area contributed by atoms with Gasteiger partial charge in [-0.15, -0.1) is 0 Å². The highest BCUT2D eigenvalue weighted by Gasteiger charge is 2.17. The van der Waals surface area contributed by atoms with E-state index in [4.69, 9.17) is 0 Å². The fourth-order valence-corrected chi connectivity index (χ4v) is 2.43. The number of nitro groups is 1. The second-order valence-corrected chi connectivity index (χ2v) is 5.39. The number of rotatable bonds is 4. The molecule has 1 heterocycles. The largest absolute Gasteiger partial charge is 0.332 e. The number of imidazole rings is 1. The molecule has 19 heavy (non-hydrogen) atoms. The van der Waals surface area contributed by atoms with E-state index in [1.807, 2.05) is 0 Å². The monoisotopic (exact) mass is 282 g/mol. The number of hydrogen-bond donors (Lipinski definition) is 2. The maximum atomic E-state index is 11.9. The number of nitrogens with one attached hydrogen (secondary N) is 2. The summed E-state index contributed by atoms with van der Waals surface area (Å²) in [5, 5.41) is 10.4. The second-order valence-electron chi connectivity index (χ2n) is 3.74. The average Bonchev–Trinajstić information content (AvgIpc) is 2.77. The van der Waals surface area contributed by atoms with Crippen LogP contribution < -0.4 is 4.72 Å². The Morgan fingerprint density at radius 2 is 1.95 bits per heavy atom. The molecular formula is C10H10N4O4S. The minimum absolute atomic E-state index is 0.0663. The first kappa shape index (κ1) is 13.0. The van der Waals surface area contributed by atoms with Crippen LogP contribution in [0.1, 0.15) is 5.82 Å². The lowest BCUT2D eigenvalue weighted by Gasteiger charge is -2.05. The molecule has 0 aliphatic heterocycles. The summed E-state index contributed by atoms with van der Waals surface area (Å²) in [6, 6.07) is 5.07. The van der Waals surface area contributed by atoms with Crippen LogP contribution in [0.25, 0.3) is 0 Å². The van der Waals surface area contributed by atoms with Gasteiger partial charge in [0.15, 0.2) is 5.03 Å². The predicted molar refractivity (Wildman–Crippen MR) is 67.2 cm³/mol. The quantitative estimate of drug-likeness (QED) is 0.649. The summed E-state index contributed by atoms with van der Waals surface area (Å²) in [7, 11) is -3.76. The van der Waals surface area contributed by atoms with Crippen molar-refractivity contribution in [1.82, 2.24) is 9.97 Å². The van der Waals surface area contributed by atoms with Crippen molar-refractivity contribution in [1.29, 1.82) is 0 Å². The van der Waals surface area contributed by atoms with E-state index in [9.17, 15) is 18.5 Å². The van der Waals surface area contributed by atoms with Crippen molar-refractivity contribution in [2.24, 2.45) is 0 Å². The highest BCUT2D eigenvalue weighted by Crippen LogP contribution is 2.18. The molecule has 0 fully saturated rings. The molecule has 2 N–H and O–H groups in total. The first-order chi connectivity index (χ1) is 8.88. The van der Waals surface area contributed by atoms with Crippen molar-refractivity contribution in [3.05, 3.63) is 46.4 Å². The van der Waals surface area contributed by atoms with E-state index in [-0.39, 0.29) is 16.4 Å². The Hall–Kier alpha value is -2.42. The SMILES string of the molecule is Cc1ncc(S(=O)(=O)Nc2ccc([N+](=O)[O-])cc2)[nH]1. The number of benzene rings is 1. The molecule has 1 aromatic carbocycles. The molecule has 0 aliphatic carbocycles. The normalized spacial score (nSPS) is 11.2. The molecule has 0 bridgehead atoms. The van der Waals surface area contributed by atoms with Gasteiger partial charge in [-0.1, -0.05) is 0 Å². The van der Waals surface area contributed by atoms with E-state index in [2.05, 4.69) is 14.7 Å². The van der Waals surface area contributed by atoms with E-state index in [0.717, 1.165) is 0 Å². The summed E-state index contributed by atoms with van der Waals surface area (Å²) in [6.07, 6.45) is 1.20. The fourth-order valence-electron chi connectivity index (χ4n) is 1.40. The summed E-state index contributed by atoms with van der Waals surface area (Å²) in [5.74, 6) is 0.476. The summed E-state index contributed by atoms with van der Waals surface area (Å²) < 4.78 is 26.1. The van der Waals surface area contributed by atoms with Crippen molar-refractivity contribution in [2.45, 2.75) is 11.9 Å². The molecule has 0 saturated heterocycles. The van der Waals surface area contributed by atoms with Gasteiger partial charge >= 0.3 is 0 Å². The van der Waals surface area contributed by atoms with Crippen LogP contribution in [0.4, 0.5) is 11.4 Å². The number of non-ortho nitro benzene ring substituents is 1. The third-order valence-electron chi connectivity index (χ3n) is 2.30. The summed E-state index contributed by atoms with van der Waals surface area (Å²) in [6.45, 7) is 1.63. The van der Waals surface area contributed by atoms with Crippen LogP contribution in [0.3, 0.4) is 0 Å². The van der Waals surface area contributed by atoms with E-state index in [1.165, 1.54) is 30.5 Å². The Bertz CT molecular complexity index is 705. The lowest BCUT2D eigenvalue weighted by molar-refractivity contribution is -0.384. The zero-order chi connectivity index (χ0) is 14.0. The number of aromatic nitrogens is 2. The van der Waals surface area contributed by atoms with E-state index in [1.54, 1.807) is 6.92 Å². The van der Waals surface area contributed by atoms with Crippen molar-refractivity contribution in [3.8, 4) is 0 Å². The predicted octanol–water partition coefficient (Wildman–Crippen LogP) is 1.43. The van der Waals surface area contributed by atoms with Gasteiger partial charge in [-0.3, -0.25) is 14.8 Å². The molecular weight excluding hydrogens is 272 g/mol. The number of H-pyrrole nitrogens is 1. The van der Waals surface area contributed by atoms with E-state index >= 15 is 0 Å². The van der Waals surface area contributed by atoms with Crippen molar-refractivity contribution < 1.29 is 13.3 Å². The Kier molecular flexibility index (Phi) is 3.21. The Balaban J connectivity index is 2.23. The molecule has 9 heteroatoms. The molecule has 100 valence electrons. The number of nitrogens with zero attached hydrogens (tertiary/aromatic N) is 2. The number of sulfonamides is 1. The average molecular weight is 282 g/mol. The van der Waals surface area contributed by atoms with Gasteiger partial charge in [0.1, 0.15) is 5.82 Å². The van der Waals surface area contributed by atoms with Crippen LogP contribution in [-0.2, 0) is 10.0 Å². The third-order valence-corrected chi connectivity index (χ3v) is 3.59. The van der Waals surface area contributed by atoms with E-state index in [0.29, 0.717) is 5.82 Å². The van der Waals surface area contributed by atoms with Crippen LogP contribution in [-0.4, -0.2) is 23.3 Å². The van der Waals surface area contributed by atoms with Crippen molar-refractivity contribution >= 4 is 21.4 Å². The summed E-state index contributed by atoms with van der Waals surface area (Å²) >= 11 is 0. The first-order valence-corrected chi connectivity index (χ1v) is 6.66. The minimum atomic E-state index is -3.76. The van der Waals surface area contributed by atoms with Crippen LogP contribution in [0.15, 0.2) is 35.5 Å². The lowest BCUT2D eigenvalue weighted by Crippen LogP contribution is -2.13. The lowest BCUT2D eigenvalue weighted by atomic mass is 10.3. The zero-order valence-electron chi connectivity index (χ0n) is 9.82. The highest BCUT2D eigenvalue weighted by molar-refractivity contribution is 7.92. The number of anilines is 1. The van der Waals surface area contributed by atoms with E-state index < -0.39 is 14.9 Å². The molecule has 0 aliphatic rings. The standard InChI is InChI=1S/C10H10N4O4S/c1-7-11-6-10(12-7)19(17,18)13-8-2-4-9(5-3-8)14(15)16/h2-6,13H,1H3,(H,11,12). The van der Waals surface area contributed by atoms with Gasteiger partial charge in [-0.25, -0.2) is 4.98 Å². The third kappa shape index (κ3) is 2.88. The van der Waals surface area contributed by atoms with Crippen molar-refractivity contribution in [2.75, 3.05) is 4.72 Å². The molecule has 0 unspecified atom stereocenters. The number of aryl methyl sites for hydroxylation is 1. The molecule has 0 radical (unpaired) electrons. The second kappa shape index (κ2) is 4.69. The van der Waals surface area contributed by atoms with Gasteiger partial charge in [-0.05, 0) is 19.1 Å². The summed E-state index contributed by atoms with van der Waals surface area (Å²) in [4.78, 5) is 16.3. The Morgan fingerprint density at radius 1 is 1.32 bits per heavy atom. The molecule has 0 atom stereocenters. The topological polar surface area (TPSA) is 118 Å². The van der Waals surface area contributed by atoms with Gasteiger partial charge in [0.05, 0.1) is 11.1 Å². The first-order valence-electron chi connectivity index (χ1n) is 5.17. The Morgan fingerprint density at radius 3 is 2.42 bits per heavy atom. The van der Waals surface area contributed by atoms with Crippen LogP contribution in [0.2, 0.25) is 0 Å². The number of hydrogen-bond acceptors (Lipinski definition) is 5. The van der Waals surface area contributed by atoms with Crippen LogP contribution >= 0.6 is 0 Å². The number of aromatic amines is 1. The van der Waals surface area contributed by atoms with Gasteiger partial charge in [0, 0.05) is 17.8 Å². The van der Waals surface area contributed by atoms with Crippen LogP contribution in [0.5, 0.6) is 0 Å².